The lowest BCUT2D eigenvalue weighted by Crippen LogP contribution is -2.54. The molecule has 1 N–H and O–H groups in total. The molecule has 6 heteroatoms. The van der Waals surface area contributed by atoms with Crippen LogP contribution in [0.5, 0.6) is 5.75 Å². The Balaban J connectivity index is 1.88. The van der Waals surface area contributed by atoms with Crippen LogP contribution in [0.25, 0.3) is 0 Å². The zero-order valence-electron chi connectivity index (χ0n) is 12.0. The van der Waals surface area contributed by atoms with E-state index in [1.807, 2.05) is 0 Å². The van der Waals surface area contributed by atoms with Crippen LogP contribution in [-0.4, -0.2) is 40.2 Å². The molecule has 6 nitrogen and oxygen atoms in total. The van der Waals surface area contributed by atoms with Crippen molar-refractivity contribution < 1.29 is 14.8 Å². The first-order valence-electron chi connectivity index (χ1n) is 7.40. The highest BCUT2D eigenvalue weighted by Gasteiger charge is 2.42. The number of hydrogen-bond donors (Lipinski definition) is 1. The van der Waals surface area contributed by atoms with Gasteiger partial charge in [0.15, 0.2) is 0 Å². The lowest BCUT2D eigenvalue weighted by Gasteiger charge is -2.44. The Kier molecular flexibility index (Phi) is 3.82. The van der Waals surface area contributed by atoms with Crippen molar-refractivity contribution in [3.63, 3.8) is 0 Å². The van der Waals surface area contributed by atoms with Gasteiger partial charge in [-0.3, -0.25) is 15.0 Å². The molecule has 0 atom stereocenters. The van der Waals surface area contributed by atoms with Gasteiger partial charge in [0, 0.05) is 30.3 Å². The first kappa shape index (κ1) is 14.3. The van der Waals surface area contributed by atoms with E-state index in [0.717, 1.165) is 19.4 Å². The number of nitrogens with zero attached hydrogens (tertiary/aromatic N) is 2. The fraction of sp³-hybridized carbons (Fsp3) is 0.600. The van der Waals surface area contributed by atoms with Gasteiger partial charge in [-0.05, 0) is 25.0 Å². The number of phenols is 1. The molecule has 114 valence electrons. The Hall–Kier alpha value is -1.66. The van der Waals surface area contributed by atoms with Crippen LogP contribution in [0.15, 0.2) is 18.2 Å². The summed E-state index contributed by atoms with van der Waals surface area (Å²) in [5, 5.41) is 20.8. The second kappa shape index (κ2) is 5.61. The minimum absolute atomic E-state index is 0.0254. The predicted octanol–water partition coefficient (Wildman–Crippen LogP) is 2.45. The van der Waals surface area contributed by atoms with Crippen LogP contribution in [0.1, 0.15) is 31.2 Å². The van der Waals surface area contributed by atoms with Crippen LogP contribution >= 0.6 is 0 Å². The maximum atomic E-state index is 11.2. The molecule has 3 rings (SSSR count). The molecule has 1 saturated carbocycles. The van der Waals surface area contributed by atoms with E-state index in [9.17, 15) is 15.2 Å². The Labute approximate surface area is 123 Å². The fourth-order valence-corrected chi connectivity index (χ4v) is 3.59. The Morgan fingerprint density at radius 1 is 1.38 bits per heavy atom. The summed E-state index contributed by atoms with van der Waals surface area (Å²) in [4.78, 5) is 13.1. The van der Waals surface area contributed by atoms with Crippen LogP contribution < -0.4 is 0 Å². The van der Waals surface area contributed by atoms with E-state index in [1.54, 1.807) is 0 Å². The number of nitro benzene ring substituents is 1. The molecule has 0 unspecified atom stereocenters. The lowest BCUT2D eigenvalue weighted by molar-refractivity contribution is -0.385. The van der Waals surface area contributed by atoms with Crippen LogP contribution in [0.3, 0.4) is 0 Å². The van der Waals surface area contributed by atoms with Gasteiger partial charge in [0.2, 0.25) is 0 Å². The summed E-state index contributed by atoms with van der Waals surface area (Å²) in [5.41, 5.74) is 0.679. The molecule has 1 saturated heterocycles. The third-order valence-corrected chi connectivity index (χ3v) is 4.70. The number of ether oxygens (including phenoxy) is 1. The van der Waals surface area contributed by atoms with Gasteiger partial charge >= 0.3 is 0 Å². The second-order valence-electron chi connectivity index (χ2n) is 5.98. The summed E-state index contributed by atoms with van der Waals surface area (Å²) in [6.45, 7) is 2.65. The monoisotopic (exact) mass is 292 g/mol. The summed E-state index contributed by atoms with van der Waals surface area (Å²) < 4.78 is 5.65. The van der Waals surface area contributed by atoms with Crippen molar-refractivity contribution in [2.75, 3.05) is 19.8 Å². The van der Waals surface area contributed by atoms with Crippen molar-refractivity contribution in [2.24, 2.45) is 0 Å². The number of phenolic OH excluding ortho intramolecular Hbond substituents is 1. The van der Waals surface area contributed by atoms with Crippen LogP contribution in [-0.2, 0) is 11.3 Å². The van der Waals surface area contributed by atoms with Crippen molar-refractivity contribution in [3.8, 4) is 5.75 Å². The van der Waals surface area contributed by atoms with Crippen molar-refractivity contribution in [1.29, 1.82) is 0 Å². The maximum absolute atomic E-state index is 11.2. The van der Waals surface area contributed by atoms with Gasteiger partial charge in [0.25, 0.3) is 5.69 Å². The van der Waals surface area contributed by atoms with Gasteiger partial charge in [-0.15, -0.1) is 0 Å². The minimum Gasteiger partial charge on any atom is -0.508 e. The Morgan fingerprint density at radius 2 is 2.14 bits per heavy atom. The lowest BCUT2D eigenvalue weighted by atomic mass is 9.94. The van der Waals surface area contributed by atoms with Gasteiger partial charge < -0.3 is 9.84 Å². The van der Waals surface area contributed by atoms with Gasteiger partial charge in [0.1, 0.15) is 5.75 Å². The van der Waals surface area contributed by atoms with E-state index in [2.05, 4.69) is 4.90 Å². The quantitative estimate of drug-likeness (QED) is 0.684. The zero-order valence-corrected chi connectivity index (χ0v) is 12.0. The van der Waals surface area contributed by atoms with E-state index in [4.69, 9.17) is 4.74 Å². The molecule has 0 amide bonds. The molecule has 2 fully saturated rings. The molecule has 1 aliphatic carbocycles. The molecule has 1 spiro atoms. The van der Waals surface area contributed by atoms with Crippen LogP contribution in [0.4, 0.5) is 5.69 Å². The van der Waals surface area contributed by atoms with E-state index in [-0.39, 0.29) is 21.9 Å². The molecule has 0 radical (unpaired) electrons. The highest BCUT2D eigenvalue weighted by Crippen LogP contribution is 2.39. The molecule has 0 bridgehead atoms. The van der Waals surface area contributed by atoms with Crippen LogP contribution in [0, 0.1) is 10.1 Å². The average molecular weight is 292 g/mol. The maximum Gasteiger partial charge on any atom is 0.274 e. The standard InChI is InChI=1S/C15H20N2O4/c18-13-3-4-14(17(19)20)12(9-13)10-16-7-8-21-11-15(16)5-1-2-6-15/h3-4,9,18H,1-2,5-8,10-11H2. The molecule has 1 heterocycles. The number of rotatable bonds is 3. The summed E-state index contributed by atoms with van der Waals surface area (Å²) in [5.74, 6) is 0.0735. The minimum atomic E-state index is -0.378. The summed E-state index contributed by atoms with van der Waals surface area (Å²) in [6, 6.07) is 4.26. The molecule has 0 aromatic heterocycles. The third kappa shape index (κ3) is 2.73. The Morgan fingerprint density at radius 3 is 2.86 bits per heavy atom. The summed E-state index contributed by atoms with van der Waals surface area (Å²) >= 11 is 0. The largest absolute Gasteiger partial charge is 0.508 e. The first-order chi connectivity index (χ1) is 10.1. The van der Waals surface area contributed by atoms with Crippen molar-refractivity contribution in [2.45, 2.75) is 37.8 Å². The van der Waals surface area contributed by atoms with Gasteiger partial charge in [0.05, 0.1) is 18.1 Å². The summed E-state index contributed by atoms with van der Waals surface area (Å²) in [7, 11) is 0. The van der Waals surface area contributed by atoms with E-state index in [1.165, 1.54) is 31.0 Å². The number of aromatic hydroxyl groups is 1. The van der Waals surface area contributed by atoms with Gasteiger partial charge in [-0.2, -0.15) is 0 Å². The topological polar surface area (TPSA) is 75.8 Å². The normalized spacial score (nSPS) is 21.7. The zero-order chi connectivity index (χ0) is 14.9. The fourth-order valence-electron chi connectivity index (χ4n) is 3.59. The molecular formula is C15H20N2O4. The number of nitro groups is 1. The molecule has 2 aliphatic rings. The van der Waals surface area contributed by atoms with Crippen molar-refractivity contribution in [3.05, 3.63) is 33.9 Å². The van der Waals surface area contributed by atoms with E-state index in [0.29, 0.717) is 25.3 Å². The van der Waals surface area contributed by atoms with E-state index < -0.39 is 0 Å². The van der Waals surface area contributed by atoms with Crippen LogP contribution in [0.2, 0.25) is 0 Å². The average Bonchev–Trinajstić information content (AvgIpc) is 2.91. The third-order valence-electron chi connectivity index (χ3n) is 4.70. The number of benzene rings is 1. The molecular weight excluding hydrogens is 272 g/mol. The number of morpholine rings is 1. The number of hydrogen-bond acceptors (Lipinski definition) is 5. The second-order valence-corrected chi connectivity index (χ2v) is 5.98. The van der Waals surface area contributed by atoms with E-state index >= 15 is 0 Å². The molecule has 21 heavy (non-hydrogen) atoms. The van der Waals surface area contributed by atoms with Crippen molar-refractivity contribution in [1.82, 2.24) is 4.90 Å². The predicted molar refractivity (Wildman–Crippen MR) is 77.2 cm³/mol. The molecule has 1 aromatic carbocycles. The highest BCUT2D eigenvalue weighted by atomic mass is 16.6. The van der Waals surface area contributed by atoms with Gasteiger partial charge in [-0.25, -0.2) is 0 Å². The van der Waals surface area contributed by atoms with Crippen molar-refractivity contribution >= 4 is 5.69 Å². The Bertz CT molecular complexity index is 540. The smallest absolute Gasteiger partial charge is 0.274 e. The highest BCUT2D eigenvalue weighted by molar-refractivity contribution is 5.44. The summed E-state index contributed by atoms with van der Waals surface area (Å²) in [6.07, 6.45) is 4.53. The first-order valence-corrected chi connectivity index (χ1v) is 7.40. The molecule has 1 aliphatic heterocycles. The molecule has 1 aromatic rings. The SMILES string of the molecule is O=[N+]([O-])c1ccc(O)cc1CN1CCOCC12CCCC2. The van der Waals surface area contributed by atoms with Gasteiger partial charge in [-0.1, -0.05) is 12.8 Å².